The van der Waals surface area contributed by atoms with Crippen molar-refractivity contribution >= 4 is 29.1 Å². The number of carbonyl (C=O) groups excluding carboxylic acids is 1. The van der Waals surface area contributed by atoms with E-state index in [1.54, 1.807) is 43.6 Å². The number of aliphatic imine (C=N–C) groups is 1. The smallest absolute Gasteiger partial charge is 0.294 e. The van der Waals surface area contributed by atoms with Gasteiger partial charge in [0.05, 0.1) is 11.9 Å². The molecule has 3 aromatic carbocycles. The summed E-state index contributed by atoms with van der Waals surface area (Å²) in [6.45, 7) is 3.00. The summed E-state index contributed by atoms with van der Waals surface area (Å²) in [5.41, 5.74) is 23.3. The molecule has 1 amide bonds. The van der Waals surface area contributed by atoms with Crippen LogP contribution in [0.5, 0.6) is 0 Å². The highest BCUT2D eigenvalue weighted by Crippen LogP contribution is 2.25. The molecule has 0 saturated heterocycles. The fraction of sp³-hybridized carbons (Fsp3) is 0.286. The van der Waals surface area contributed by atoms with E-state index in [0.29, 0.717) is 22.8 Å². The molecule has 0 atom stereocenters. The van der Waals surface area contributed by atoms with Gasteiger partial charge in [-0.1, -0.05) is 48.5 Å². The van der Waals surface area contributed by atoms with E-state index in [9.17, 15) is 9.59 Å². The first-order chi connectivity index (χ1) is 22.4. The van der Waals surface area contributed by atoms with Crippen molar-refractivity contribution in [1.29, 1.82) is 5.41 Å². The van der Waals surface area contributed by atoms with Gasteiger partial charge in [0.15, 0.2) is 5.82 Å². The van der Waals surface area contributed by atoms with E-state index in [-0.39, 0.29) is 42.3 Å². The maximum absolute atomic E-state index is 13.2. The number of anilines is 2. The zero-order chi connectivity index (χ0) is 34.1. The zero-order valence-corrected chi connectivity index (χ0v) is 27.4. The number of nitrogen functional groups attached to an aromatic ring is 2. The molecule has 0 aliphatic heterocycles. The van der Waals surface area contributed by atoms with Crippen LogP contribution in [0.15, 0.2) is 82.7 Å². The number of nitrogens with two attached hydrogens (primary N) is 3. The van der Waals surface area contributed by atoms with E-state index >= 15 is 0 Å². The van der Waals surface area contributed by atoms with Crippen LogP contribution in [-0.2, 0) is 24.4 Å². The van der Waals surface area contributed by atoms with Crippen molar-refractivity contribution in [3.8, 4) is 11.3 Å². The van der Waals surface area contributed by atoms with Crippen molar-refractivity contribution < 1.29 is 4.79 Å². The van der Waals surface area contributed by atoms with Crippen LogP contribution in [0.3, 0.4) is 0 Å². The molecule has 0 bridgehead atoms. The highest BCUT2D eigenvalue weighted by molar-refractivity contribution is 5.97. The van der Waals surface area contributed by atoms with E-state index in [1.807, 2.05) is 31.2 Å². The Balaban J connectivity index is 0.000000300. The molecular weight excluding hydrogens is 592 g/mol. The molecule has 9 N–H and O–H groups in total. The lowest BCUT2D eigenvalue weighted by Gasteiger charge is -2.16. The standard InChI is InChI=1S/C24H27N7O2.C11H17N3/c1-14-8-17(10-18(25)9-14)20-12-29-23(30-19-6-7-19)24(33)31(20)13-21(32)28-11-15-2-4-16(5-3-15)22(26)27;1-13-11(12)10-6-4-9(5-7-10)8-14(2)3/h2-5,8-10,12,19H,6-7,11,13,25H2,1H3,(H3,26,27)(H,28,32)(H,29,30);4-7H,8H2,1-3H3,(H2,12,13). The topological polar surface area (TPSA) is 194 Å². The Hall–Kier alpha value is -5.49. The number of carbonyl (C=O) groups is 1. The van der Waals surface area contributed by atoms with E-state index in [2.05, 4.69) is 51.7 Å². The predicted molar refractivity (Wildman–Crippen MR) is 190 cm³/mol. The zero-order valence-electron chi connectivity index (χ0n) is 27.4. The first-order valence-corrected chi connectivity index (χ1v) is 15.3. The molecule has 0 radical (unpaired) electrons. The largest absolute Gasteiger partial charge is 0.399 e. The maximum atomic E-state index is 13.2. The molecule has 47 heavy (non-hydrogen) atoms. The number of benzene rings is 3. The Morgan fingerprint density at radius 2 is 1.66 bits per heavy atom. The molecule has 1 aliphatic carbocycles. The first-order valence-electron chi connectivity index (χ1n) is 15.3. The minimum absolute atomic E-state index is 0.0115. The van der Waals surface area contributed by atoms with Crippen LogP contribution in [-0.4, -0.2) is 59.2 Å². The molecule has 5 rings (SSSR count). The second-order valence-corrected chi connectivity index (χ2v) is 11.9. The van der Waals surface area contributed by atoms with Crippen LogP contribution in [0.4, 0.5) is 11.5 Å². The summed E-state index contributed by atoms with van der Waals surface area (Å²) in [5, 5.41) is 13.5. The minimum Gasteiger partial charge on any atom is -0.399 e. The van der Waals surface area contributed by atoms with E-state index in [1.165, 1.54) is 10.1 Å². The molecular formula is C35H44N10O2. The van der Waals surface area contributed by atoms with Gasteiger partial charge >= 0.3 is 0 Å². The van der Waals surface area contributed by atoms with Gasteiger partial charge in [-0.05, 0) is 68.8 Å². The summed E-state index contributed by atoms with van der Waals surface area (Å²) in [6.07, 6.45) is 3.61. The number of aryl methyl sites for hydroxylation is 1. The average Bonchev–Trinajstić information content (AvgIpc) is 3.86. The van der Waals surface area contributed by atoms with E-state index in [0.717, 1.165) is 41.6 Å². The van der Waals surface area contributed by atoms with Gasteiger partial charge in [0.25, 0.3) is 5.56 Å². The van der Waals surface area contributed by atoms with Gasteiger partial charge in [0.2, 0.25) is 5.91 Å². The number of aromatic nitrogens is 2. The third-order valence-corrected chi connectivity index (χ3v) is 7.41. The summed E-state index contributed by atoms with van der Waals surface area (Å²) >= 11 is 0. The molecule has 1 fully saturated rings. The molecule has 4 aromatic rings. The Morgan fingerprint density at radius 1 is 1.02 bits per heavy atom. The predicted octanol–water partition coefficient (Wildman–Crippen LogP) is 3.06. The number of hydrogen-bond donors (Lipinski definition) is 6. The molecule has 12 nitrogen and oxygen atoms in total. The van der Waals surface area contributed by atoms with Crippen LogP contribution in [0.25, 0.3) is 11.3 Å². The molecule has 1 aromatic heterocycles. The number of nitrogens with one attached hydrogen (secondary N) is 3. The van der Waals surface area contributed by atoms with Crippen LogP contribution < -0.4 is 33.4 Å². The summed E-state index contributed by atoms with van der Waals surface area (Å²) < 4.78 is 1.43. The fourth-order valence-corrected chi connectivity index (χ4v) is 4.83. The molecule has 246 valence electrons. The van der Waals surface area contributed by atoms with Crippen molar-refractivity contribution in [1.82, 2.24) is 19.8 Å². The van der Waals surface area contributed by atoms with Crippen LogP contribution >= 0.6 is 0 Å². The third-order valence-electron chi connectivity index (χ3n) is 7.41. The van der Waals surface area contributed by atoms with Crippen LogP contribution in [0, 0.1) is 12.3 Å². The van der Waals surface area contributed by atoms with Crippen molar-refractivity contribution in [2.75, 3.05) is 32.2 Å². The van der Waals surface area contributed by atoms with E-state index < -0.39 is 0 Å². The first kappa shape index (κ1) is 34.4. The van der Waals surface area contributed by atoms with E-state index in [4.69, 9.17) is 22.6 Å². The highest BCUT2D eigenvalue weighted by atomic mass is 16.2. The Morgan fingerprint density at radius 3 is 2.23 bits per heavy atom. The molecule has 0 spiro atoms. The van der Waals surface area contributed by atoms with Gasteiger partial charge in [-0.25, -0.2) is 4.98 Å². The molecule has 1 saturated carbocycles. The number of amidine groups is 2. The molecule has 1 heterocycles. The number of amides is 1. The van der Waals surface area contributed by atoms with Gasteiger partial charge in [-0.3, -0.25) is 24.6 Å². The normalized spacial score (nSPS) is 12.7. The molecule has 1 aliphatic rings. The van der Waals surface area contributed by atoms with Crippen molar-refractivity contribution in [2.45, 2.75) is 45.4 Å². The summed E-state index contributed by atoms with van der Waals surface area (Å²) in [4.78, 5) is 36.4. The van der Waals surface area contributed by atoms with Gasteiger partial charge in [0.1, 0.15) is 18.2 Å². The van der Waals surface area contributed by atoms with Crippen molar-refractivity contribution in [2.24, 2.45) is 16.5 Å². The van der Waals surface area contributed by atoms with Crippen LogP contribution in [0.1, 0.15) is 40.7 Å². The van der Waals surface area contributed by atoms with Crippen molar-refractivity contribution in [3.05, 3.63) is 111 Å². The lowest BCUT2D eigenvalue weighted by atomic mass is 10.1. The van der Waals surface area contributed by atoms with Crippen molar-refractivity contribution in [3.63, 3.8) is 0 Å². The average molecular weight is 637 g/mol. The Kier molecular flexibility index (Phi) is 11.5. The number of rotatable bonds is 11. The summed E-state index contributed by atoms with van der Waals surface area (Å²) in [6, 6.07) is 21.0. The Bertz CT molecular complexity index is 1770. The maximum Gasteiger partial charge on any atom is 0.294 e. The summed E-state index contributed by atoms with van der Waals surface area (Å²) in [7, 11) is 5.80. The SMILES string of the molecule is CN=C(N)c1ccc(CN(C)C)cc1.Cc1cc(N)cc(-c2cnc(NC3CC3)c(=O)n2CC(=O)NCc2ccc(C(=N)N)cc2)c1. The van der Waals surface area contributed by atoms with Gasteiger partial charge in [-0.2, -0.15) is 0 Å². The number of hydrogen-bond acceptors (Lipinski definition) is 8. The highest BCUT2D eigenvalue weighted by Gasteiger charge is 2.24. The van der Waals surface area contributed by atoms with Gasteiger partial charge in [0, 0.05) is 48.6 Å². The molecule has 12 heteroatoms. The second-order valence-electron chi connectivity index (χ2n) is 11.9. The van der Waals surface area contributed by atoms with Gasteiger partial charge < -0.3 is 32.7 Å². The lowest BCUT2D eigenvalue weighted by molar-refractivity contribution is -0.121. The minimum atomic E-state index is -0.347. The van der Waals surface area contributed by atoms with Crippen LogP contribution in [0.2, 0.25) is 0 Å². The molecule has 0 unspecified atom stereocenters. The third kappa shape index (κ3) is 10.00. The summed E-state index contributed by atoms with van der Waals surface area (Å²) in [5.74, 6) is 0.511. The number of nitrogens with zero attached hydrogens (tertiary/aromatic N) is 4. The van der Waals surface area contributed by atoms with Gasteiger partial charge in [-0.15, -0.1) is 0 Å². The monoisotopic (exact) mass is 636 g/mol. The lowest BCUT2D eigenvalue weighted by Crippen LogP contribution is -2.34. The fourth-order valence-electron chi connectivity index (χ4n) is 4.83. The second kappa shape index (κ2) is 15.7. The Labute approximate surface area is 275 Å². The quantitative estimate of drug-likeness (QED) is 0.0821.